The summed E-state index contributed by atoms with van der Waals surface area (Å²) < 4.78 is 6.18. The molecule has 0 amide bonds. The summed E-state index contributed by atoms with van der Waals surface area (Å²) in [5, 5.41) is 7.48. The Hall–Kier alpha value is -1.51. The van der Waals surface area contributed by atoms with E-state index in [0.29, 0.717) is 0 Å². The Kier molecular flexibility index (Phi) is 4.18. The molecule has 1 atom stereocenters. The summed E-state index contributed by atoms with van der Waals surface area (Å²) in [5.74, 6) is 1.00. The number of rotatable bonds is 5. The molecular formula is C18H20ClNO. The van der Waals surface area contributed by atoms with Crippen molar-refractivity contribution in [3.8, 4) is 0 Å². The van der Waals surface area contributed by atoms with E-state index in [-0.39, 0.29) is 6.04 Å². The fourth-order valence-electron chi connectivity index (χ4n) is 2.90. The molecule has 0 spiro atoms. The van der Waals surface area contributed by atoms with Crippen molar-refractivity contribution in [3.05, 3.63) is 47.2 Å². The normalized spacial score (nSPS) is 13.1. The molecule has 1 unspecified atom stereocenters. The van der Waals surface area contributed by atoms with E-state index in [0.717, 1.165) is 51.9 Å². The molecule has 1 heterocycles. The molecule has 1 N–H and O–H groups in total. The van der Waals surface area contributed by atoms with Gasteiger partial charge in [-0.15, -0.1) is 0 Å². The van der Waals surface area contributed by atoms with Crippen molar-refractivity contribution in [1.82, 2.24) is 5.32 Å². The summed E-state index contributed by atoms with van der Waals surface area (Å²) in [7, 11) is 0. The SMILES string of the molecule is CCCC(NCC)c1cc2cc(Cl)c3ccccc3c2o1. The fraction of sp³-hybridized carbons (Fsp3) is 0.333. The number of hydrogen-bond donors (Lipinski definition) is 1. The lowest BCUT2D eigenvalue weighted by Gasteiger charge is -2.13. The molecule has 0 fully saturated rings. The highest BCUT2D eigenvalue weighted by Gasteiger charge is 2.16. The Morgan fingerprint density at radius 3 is 2.62 bits per heavy atom. The van der Waals surface area contributed by atoms with Crippen molar-refractivity contribution in [2.24, 2.45) is 0 Å². The topological polar surface area (TPSA) is 25.2 Å². The lowest BCUT2D eigenvalue weighted by Crippen LogP contribution is -2.20. The van der Waals surface area contributed by atoms with E-state index < -0.39 is 0 Å². The predicted octanol–water partition coefficient (Wildman–Crippen LogP) is 5.69. The number of halogens is 1. The van der Waals surface area contributed by atoms with Gasteiger partial charge in [-0.1, -0.05) is 56.1 Å². The van der Waals surface area contributed by atoms with Gasteiger partial charge in [0.1, 0.15) is 11.3 Å². The van der Waals surface area contributed by atoms with E-state index in [2.05, 4.69) is 31.3 Å². The zero-order valence-corrected chi connectivity index (χ0v) is 13.2. The first kappa shape index (κ1) is 14.4. The van der Waals surface area contributed by atoms with Crippen LogP contribution in [0.3, 0.4) is 0 Å². The lowest BCUT2D eigenvalue weighted by molar-refractivity contribution is 0.415. The van der Waals surface area contributed by atoms with E-state index in [1.807, 2.05) is 24.3 Å². The van der Waals surface area contributed by atoms with Crippen LogP contribution in [0, 0.1) is 0 Å². The quantitative estimate of drug-likeness (QED) is 0.655. The Bertz CT molecular complexity index is 756. The van der Waals surface area contributed by atoms with Gasteiger partial charge in [0.05, 0.1) is 6.04 Å². The van der Waals surface area contributed by atoms with Crippen LogP contribution in [0.1, 0.15) is 38.5 Å². The molecule has 0 aliphatic heterocycles. The number of furan rings is 1. The first-order valence-corrected chi connectivity index (χ1v) is 7.96. The van der Waals surface area contributed by atoms with Gasteiger partial charge in [-0.25, -0.2) is 0 Å². The van der Waals surface area contributed by atoms with Crippen molar-refractivity contribution in [2.75, 3.05) is 6.54 Å². The summed E-state index contributed by atoms with van der Waals surface area (Å²) in [6, 6.07) is 12.5. The Morgan fingerprint density at radius 1 is 1.14 bits per heavy atom. The molecule has 0 bridgehead atoms. The maximum absolute atomic E-state index is 6.39. The smallest absolute Gasteiger partial charge is 0.142 e. The van der Waals surface area contributed by atoms with Crippen LogP contribution in [0.2, 0.25) is 5.02 Å². The van der Waals surface area contributed by atoms with E-state index in [4.69, 9.17) is 16.0 Å². The van der Waals surface area contributed by atoms with Crippen LogP contribution >= 0.6 is 11.6 Å². The Morgan fingerprint density at radius 2 is 1.90 bits per heavy atom. The van der Waals surface area contributed by atoms with Gasteiger partial charge in [0.2, 0.25) is 0 Å². The maximum Gasteiger partial charge on any atom is 0.142 e. The van der Waals surface area contributed by atoms with E-state index in [1.165, 1.54) is 0 Å². The second-order valence-corrected chi connectivity index (χ2v) is 5.78. The zero-order valence-electron chi connectivity index (χ0n) is 12.4. The highest BCUT2D eigenvalue weighted by atomic mass is 35.5. The van der Waals surface area contributed by atoms with Crippen LogP contribution < -0.4 is 5.32 Å². The number of benzene rings is 2. The van der Waals surface area contributed by atoms with Crippen LogP contribution in [-0.2, 0) is 0 Å². The maximum atomic E-state index is 6.39. The third-order valence-electron chi connectivity index (χ3n) is 3.86. The van der Waals surface area contributed by atoms with E-state index >= 15 is 0 Å². The molecule has 3 aromatic rings. The largest absolute Gasteiger partial charge is 0.459 e. The Labute approximate surface area is 130 Å². The molecule has 3 rings (SSSR count). The minimum absolute atomic E-state index is 0.268. The van der Waals surface area contributed by atoms with Gasteiger partial charge in [-0.3, -0.25) is 0 Å². The van der Waals surface area contributed by atoms with Gasteiger partial charge in [0.25, 0.3) is 0 Å². The summed E-state index contributed by atoms with van der Waals surface area (Å²) in [4.78, 5) is 0. The molecule has 0 saturated heterocycles. The van der Waals surface area contributed by atoms with Crippen molar-refractivity contribution in [2.45, 2.75) is 32.7 Å². The molecule has 0 aliphatic rings. The summed E-state index contributed by atoms with van der Waals surface area (Å²) >= 11 is 6.39. The fourth-order valence-corrected chi connectivity index (χ4v) is 3.18. The molecule has 0 aliphatic carbocycles. The first-order chi connectivity index (χ1) is 10.2. The second kappa shape index (κ2) is 6.08. The summed E-state index contributed by atoms with van der Waals surface area (Å²) in [6.07, 6.45) is 2.19. The summed E-state index contributed by atoms with van der Waals surface area (Å²) in [5.41, 5.74) is 0.934. The highest BCUT2D eigenvalue weighted by Crippen LogP contribution is 2.35. The standard InChI is InChI=1S/C18H20ClNO/c1-3-7-16(20-4-2)17-11-12-10-15(19)13-8-5-6-9-14(13)18(12)21-17/h5-6,8-11,16,20H,3-4,7H2,1-2H3. The van der Waals surface area contributed by atoms with Crippen LogP contribution in [0.4, 0.5) is 0 Å². The highest BCUT2D eigenvalue weighted by molar-refractivity contribution is 6.37. The van der Waals surface area contributed by atoms with Gasteiger partial charge in [0.15, 0.2) is 0 Å². The average Bonchev–Trinajstić information content (AvgIpc) is 2.91. The molecule has 3 heteroatoms. The zero-order chi connectivity index (χ0) is 14.8. The number of hydrogen-bond acceptors (Lipinski definition) is 2. The van der Waals surface area contributed by atoms with E-state index in [9.17, 15) is 0 Å². The van der Waals surface area contributed by atoms with Gasteiger partial charge in [-0.2, -0.15) is 0 Å². The Balaban J connectivity index is 2.17. The van der Waals surface area contributed by atoms with Gasteiger partial charge < -0.3 is 9.73 Å². The van der Waals surface area contributed by atoms with Crippen LogP contribution in [0.5, 0.6) is 0 Å². The molecule has 21 heavy (non-hydrogen) atoms. The molecule has 0 saturated carbocycles. The van der Waals surface area contributed by atoms with E-state index in [1.54, 1.807) is 0 Å². The van der Waals surface area contributed by atoms with Crippen LogP contribution in [0.25, 0.3) is 21.7 Å². The van der Waals surface area contributed by atoms with Crippen LogP contribution in [0.15, 0.2) is 40.8 Å². The minimum Gasteiger partial charge on any atom is -0.459 e. The lowest BCUT2D eigenvalue weighted by atomic mass is 10.1. The molecule has 2 aromatic carbocycles. The third-order valence-corrected chi connectivity index (χ3v) is 4.18. The van der Waals surface area contributed by atoms with Crippen molar-refractivity contribution in [3.63, 3.8) is 0 Å². The van der Waals surface area contributed by atoms with Gasteiger partial charge >= 0.3 is 0 Å². The minimum atomic E-state index is 0.268. The predicted molar refractivity (Wildman–Crippen MR) is 90.1 cm³/mol. The van der Waals surface area contributed by atoms with Gasteiger partial charge in [0, 0.05) is 21.2 Å². The molecule has 110 valence electrons. The van der Waals surface area contributed by atoms with Crippen molar-refractivity contribution >= 4 is 33.3 Å². The van der Waals surface area contributed by atoms with Crippen LogP contribution in [-0.4, -0.2) is 6.54 Å². The van der Waals surface area contributed by atoms with Crippen molar-refractivity contribution in [1.29, 1.82) is 0 Å². The summed E-state index contributed by atoms with van der Waals surface area (Å²) in [6.45, 7) is 5.25. The molecule has 2 nitrogen and oxygen atoms in total. The number of fused-ring (bicyclic) bond motifs is 3. The average molecular weight is 302 g/mol. The second-order valence-electron chi connectivity index (χ2n) is 5.37. The number of nitrogens with one attached hydrogen (secondary N) is 1. The monoisotopic (exact) mass is 301 g/mol. The van der Waals surface area contributed by atoms with Crippen molar-refractivity contribution < 1.29 is 4.42 Å². The third kappa shape index (κ3) is 2.66. The molecule has 0 radical (unpaired) electrons. The van der Waals surface area contributed by atoms with Gasteiger partial charge in [-0.05, 0) is 25.1 Å². The first-order valence-electron chi connectivity index (χ1n) is 7.58. The molecule has 1 aromatic heterocycles. The molecular weight excluding hydrogens is 282 g/mol.